The second-order valence-corrected chi connectivity index (χ2v) is 6.95. The van der Waals surface area contributed by atoms with Gasteiger partial charge in [-0.2, -0.15) is 4.72 Å². The molecule has 0 aromatic carbocycles. The summed E-state index contributed by atoms with van der Waals surface area (Å²) in [5.74, 6) is 0.201. The van der Waals surface area contributed by atoms with Gasteiger partial charge in [0.25, 0.3) is 10.0 Å². The van der Waals surface area contributed by atoms with E-state index in [9.17, 15) is 8.42 Å². The molecule has 6 nitrogen and oxygen atoms in total. The van der Waals surface area contributed by atoms with Gasteiger partial charge < -0.3 is 9.52 Å². The zero-order valence-electron chi connectivity index (χ0n) is 10.5. The summed E-state index contributed by atoms with van der Waals surface area (Å²) < 4.78 is 31.9. The number of rotatable bonds is 5. The molecular formula is C11H14N2O4S2. The molecule has 0 unspecified atom stereocenters. The standard InChI is InChI=1S/C11H14N2O4S2/c1-11(2,10-12-5-6-18-10)13-19(15,16)9-4-3-8(7-14)17-9/h3-6,13-14H,7H2,1-2H3. The van der Waals surface area contributed by atoms with Gasteiger partial charge >= 0.3 is 0 Å². The van der Waals surface area contributed by atoms with E-state index in [2.05, 4.69) is 9.71 Å². The van der Waals surface area contributed by atoms with Gasteiger partial charge in [0.1, 0.15) is 17.4 Å². The minimum Gasteiger partial charge on any atom is -0.446 e. The van der Waals surface area contributed by atoms with Gasteiger partial charge in [-0.3, -0.25) is 0 Å². The Bertz CT molecular complexity index is 644. The summed E-state index contributed by atoms with van der Waals surface area (Å²) in [7, 11) is -3.79. The summed E-state index contributed by atoms with van der Waals surface area (Å²) >= 11 is 1.37. The lowest BCUT2D eigenvalue weighted by Crippen LogP contribution is -2.40. The number of nitrogens with zero attached hydrogens (tertiary/aromatic N) is 1. The molecule has 0 aliphatic rings. The number of aliphatic hydroxyl groups excluding tert-OH is 1. The Hall–Kier alpha value is -1.22. The molecule has 0 aliphatic heterocycles. The molecule has 2 aromatic rings. The SMILES string of the molecule is CC(C)(NS(=O)(=O)c1ccc(CO)o1)c1nccs1. The van der Waals surface area contributed by atoms with Crippen LogP contribution in [0.1, 0.15) is 24.6 Å². The minimum atomic E-state index is -3.79. The number of furan rings is 1. The first kappa shape index (κ1) is 14.2. The van der Waals surface area contributed by atoms with E-state index in [-0.39, 0.29) is 17.5 Å². The highest BCUT2D eigenvalue weighted by Gasteiger charge is 2.31. The predicted molar refractivity (Wildman–Crippen MR) is 70.1 cm³/mol. The van der Waals surface area contributed by atoms with Crippen molar-refractivity contribution in [2.45, 2.75) is 31.1 Å². The molecule has 0 spiro atoms. The number of aliphatic hydroxyl groups is 1. The van der Waals surface area contributed by atoms with E-state index in [1.54, 1.807) is 25.4 Å². The molecule has 104 valence electrons. The quantitative estimate of drug-likeness (QED) is 0.872. The highest BCUT2D eigenvalue weighted by molar-refractivity contribution is 7.89. The first-order valence-corrected chi connectivity index (χ1v) is 7.85. The Kier molecular flexibility index (Phi) is 3.77. The van der Waals surface area contributed by atoms with E-state index in [4.69, 9.17) is 9.52 Å². The summed E-state index contributed by atoms with van der Waals surface area (Å²) in [5.41, 5.74) is -0.834. The van der Waals surface area contributed by atoms with E-state index in [1.165, 1.54) is 23.5 Å². The molecule has 2 aromatic heterocycles. The van der Waals surface area contributed by atoms with Crippen molar-refractivity contribution in [1.29, 1.82) is 0 Å². The number of thiazole rings is 1. The molecule has 0 saturated heterocycles. The highest BCUT2D eigenvalue weighted by Crippen LogP contribution is 2.25. The van der Waals surface area contributed by atoms with E-state index >= 15 is 0 Å². The monoisotopic (exact) mass is 302 g/mol. The van der Waals surface area contributed by atoms with Gasteiger partial charge in [0, 0.05) is 11.6 Å². The van der Waals surface area contributed by atoms with Gasteiger partial charge in [0.15, 0.2) is 0 Å². The third kappa shape index (κ3) is 3.03. The van der Waals surface area contributed by atoms with Crippen LogP contribution in [-0.2, 0) is 22.2 Å². The molecule has 8 heteroatoms. The molecule has 0 fully saturated rings. The van der Waals surface area contributed by atoms with Crippen molar-refractivity contribution < 1.29 is 17.9 Å². The van der Waals surface area contributed by atoms with Crippen LogP contribution in [0.3, 0.4) is 0 Å². The molecule has 2 rings (SSSR count). The minimum absolute atomic E-state index is 0.201. The maximum Gasteiger partial charge on any atom is 0.274 e. The van der Waals surface area contributed by atoms with Crippen LogP contribution < -0.4 is 4.72 Å². The van der Waals surface area contributed by atoms with Crippen LogP contribution in [0.2, 0.25) is 0 Å². The lowest BCUT2D eigenvalue weighted by atomic mass is 10.1. The van der Waals surface area contributed by atoms with Gasteiger partial charge in [-0.05, 0) is 26.0 Å². The van der Waals surface area contributed by atoms with E-state index in [1.807, 2.05) is 0 Å². The molecular weight excluding hydrogens is 288 g/mol. The largest absolute Gasteiger partial charge is 0.446 e. The van der Waals surface area contributed by atoms with Crippen LogP contribution in [0.5, 0.6) is 0 Å². The van der Waals surface area contributed by atoms with Gasteiger partial charge in [-0.1, -0.05) is 0 Å². The summed E-state index contributed by atoms with van der Waals surface area (Å²) in [6.07, 6.45) is 1.62. The lowest BCUT2D eigenvalue weighted by molar-refractivity contribution is 0.236. The number of nitrogens with one attached hydrogen (secondary N) is 1. The van der Waals surface area contributed by atoms with Gasteiger partial charge in [-0.15, -0.1) is 11.3 Å². The third-order valence-corrected chi connectivity index (χ3v) is 5.04. The van der Waals surface area contributed by atoms with Gasteiger partial charge in [-0.25, -0.2) is 13.4 Å². The average Bonchev–Trinajstić information content (AvgIpc) is 2.99. The van der Waals surface area contributed by atoms with Crippen molar-refractivity contribution in [3.8, 4) is 0 Å². The number of sulfonamides is 1. The van der Waals surface area contributed by atoms with Crippen molar-refractivity contribution in [2.75, 3.05) is 0 Å². The van der Waals surface area contributed by atoms with Gasteiger partial charge in [0.2, 0.25) is 5.09 Å². The Balaban J connectivity index is 2.26. The van der Waals surface area contributed by atoms with Crippen LogP contribution in [0, 0.1) is 0 Å². The summed E-state index contributed by atoms with van der Waals surface area (Å²) in [6.45, 7) is 3.10. The molecule has 0 saturated carbocycles. The Labute approximate surface area is 115 Å². The molecule has 2 heterocycles. The normalized spacial score (nSPS) is 12.8. The van der Waals surface area contributed by atoms with Crippen molar-refractivity contribution in [3.63, 3.8) is 0 Å². The Morgan fingerprint density at radius 3 is 2.74 bits per heavy atom. The first-order valence-electron chi connectivity index (χ1n) is 5.49. The van der Waals surface area contributed by atoms with Crippen molar-refractivity contribution in [3.05, 3.63) is 34.5 Å². The average molecular weight is 302 g/mol. The number of hydrogen-bond acceptors (Lipinski definition) is 6. The fraction of sp³-hybridized carbons (Fsp3) is 0.364. The topological polar surface area (TPSA) is 92.4 Å². The summed E-state index contributed by atoms with van der Waals surface area (Å²) in [5, 5.41) is 11.1. The number of hydrogen-bond donors (Lipinski definition) is 2. The molecule has 0 radical (unpaired) electrons. The molecule has 0 amide bonds. The fourth-order valence-corrected chi connectivity index (χ4v) is 3.67. The molecule has 0 aliphatic carbocycles. The zero-order valence-corrected chi connectivity index (χ0v) is 12.1. The molecule has 2 N–H and O–H groups in total. The summed E-state index contributed by atoms with van der Waals surface area (Å²) in [6, 6.07) is 2.73. The van der Waals surface area contributed by atoms with Crippen LogP contribution >= 0.6 is 11.3 Å². The van der Waals surface area contributed by atoms with E-state index in [0.29, 0.717) is 5.01 Å². The van der Waals surface area contributed by atoms with Crippen LogP contribution in [0.15, 0.2) is 33.2 Å². The fourth-order valence-electron chi connectivity index (χ4n) is 1.55. The lowest BCUT2D eigenvalue weighted by Gasteiger charge is -2.22. The van der Waals surface area contributed by atoms with E-state index in [0.717, 1.165) is 0 Å². The first-order chi connectivity index (χ1) is 8.85. The Morgan fingerprint density at radius 2 is 2.21 bits per heavy atom. The second-order valence-electron chi connectivity index (χ2n) is 4.45. The van der Waals surface area contributed by atoms with Crippen molar-refractivity contribution in [1.82, 2.24) is 9.71 Å². The van der Waals surface area contributed by atoms with Gasteiger partial charge in [0.05, 0.1) is 5.54 Å². The third-order valence-electron chi connectivity index (χ3n) is 2.41. The number of aromatic nitrogens is 1. The maximum absolute atomic E-state index is 12.2. The predicted octanol–water partition coefficient (Wildman–Crippen LogP) is 1.44. The maximum atomic E-state index is 12.2. The van der Waals surface area contributed by atoms with E-state index < -0.39 is 15.6 Å². The summed E-state index contributed by atoms with van der Waals surface area (Å²) in [4.78, 5) is 4.11. The molecule has 19 heavy (non-hydrogen) atoms. The Morgan fingerprint density at radius 1 is 1.47 bits per heavy atom. The zero-order chi connectivity index (χ0) is 14.1. The van der Waals surface area contributed by atoms with Crippen LogP contribution in [0.4, 0.5) is 0 Å². The van der Waals surface area contributed by atoms with Crippen LogP contribution in [0.25, 0.3) is 0 Å². The van der Waals surface area contributed by atoms with Crippen molar-refractivity contribution in [2.24, 2.45) is 0 Å². The van der Waals surface area contributed by atoms with Crippen LogP contribution in [-0.4, -0.2) is 18.5 Å². The second kappa shape index (κ2) is 5.04. The molecule has 0 atom stereocenters. The highest BCUT2D eigenvalue weighted by atomic mass is 32.2. The van der Waals surface area contributed by atoms with Crippen molar-refractivity contribution >= 4 is 21.4 Å². The molecule has 0 bridgehead atoms. The smallest absolute Gasteiger partial charge is 0.274 e.